The first-order valence-electron chi connectivity index (χ1n) is 7.72. The van der Waals surface area contributed by atoms with Gasteiger partial charge in [0.15, 0.2) is 5.69 Å². The van der Waals surface area contributed by atoms with E-state index in [0.717, 1.165) is 21.3 Å². The summed E-state index contributed by atoms with van der Waals surface area (Å²) < 4.78 is 40.3. The zero-order chi connectivity index (χ0) is 18.9. The Morgan fingerprint density at radius 2 is 1.96 bits per heavy atom. The number of aryl methyl sites for hydroxylation is 1. The summed E-state index contributed by atoms with van der Waals surface area (Å²) in [5, 5.41) is 15.5. The van der Waals surface area contributed by atoms with Gasteiger partial charge in [0.25, 0.3) is 0 Å². The maximum absolute atomic E-state index is 13.1. The number of nitrogens with zero attached hydrogens (tertiary/aromatic N) is 3. The van der Waals surface area contributed by atoms with Gasteiger partial charge in [-0.3, -0.25) is 0 Å². The summed E-state index contributed by atoms with van der Waals surface area (Å²) in [4.78, 5) is 11.9. The van der Waals surface area contributed by atoms with Crippen LogP contribution in [0, 0.1) is 6.92 Å². The summed E-state index contributed by atoms with van der Waals surface area (Å²) in [6, 6.07) is 5.70. The van der Waals surface area contributed by atoms with Crippen molar-refractivity contribution in [2.24, 2.45) is 0 Å². The third-order valence-corrected chi connectivity index (χ3v) is 4.38. The van der Waals surface area contributed by atoms with Crippen molar-refractivity contribution >= 4 is 39.0 Å². The van der Waals surface area contributed by atoms with E-state index in [1.165, 1.54) is 11.3 Å². The fourth-order valence-electron chi connectivity index (χ4n) is 2.26. The average Bonchev–Trinajstić information content (AvgIpc) is 2.93. The van der Waals surface area contributed by atoms with Crippen LogP contribution in [0.3, 0.4) is 0 Å². The topological polar surface area (TPSA) is 83.0 Å². The molecular weight excluding hydrogens is 367 g/mol. The molecule has 0 amide bonds. The summed E-state index contributed by atoms with van der Waals surface area (Å²) in [5.41, 5.74) is 0.249. The van der Waals surface area contributed by atoms with Gasteiger partial charge in [0.1, 0.15) is 5.82 Å². The number of anilines is 3. The van der Waals surface area contributed by atoms with Crippen LogP contribution in [-0.4, -0.2) is 32.7 Å². The number of aliphatic hydroxyl groups excluding tert-OH is 1. The summed E-state index contributed by atoms with van der Waals surface area (Å²) >= 11 is 1.54. The molecule has 0 aliphatic rings. The third kappa shape index (κ3) is 4.20. The minimum absolute atomic E-state index is 0.00809. The Hall–Kier alpha value is -2.46. The van der Waals surface area contributed by atoms with E-state index in [9.17, 15) is 13.2 Å². The number of hydrogen-bond donors (Lipinski definition) is 3. The molecular formula is C16H16F3N5OS. The zero-order valence-electron chi connectivity index (χ0n) is 13.9. The van der Waals surface area contributed by atoms with Crippen LogP contribution >= 0.6 is 11.3 Å². The first-order chi connectivity index (χ1) is 12.2. The molecule has 2 heterocycles. The summed E-state index contributed by atoms with van der Waals surface area (Å²) in [6.45, 7) is 3.23. The third-order valence-electron chi connectivity index (χ3n) is 3.43. The Kier molecular flexibility index (Phi) is 4.97. The van der Waals surface area contributed by atoms with Crippen molar-refractivity contribution in [3.05, 3.63) is 35.0 Å². The molecule has 3 rings (SSSR count). The zero-order valence-corrected chi connectivity index (χ0v) is 14.7. The summed E-state index contributed by atoms with van der Waals surface area (Å²) in [7, 11) is 0. The van der Waals surface area contributed by atoms with Crippen LogP contribution in [0.15, 0.2) is 24.3 Å². The molecule has 10 heteroatoms. The lowest BCUT2D eigenvalue weighted by molar-refractivity contribution is -0.141. The van der Waals surface area contributed by atoms with Gasteiger partial charge in [-0.25, -0.2) is 9.97 Å². The fourth-order valence-corrected chi connectivity index (χ4v) is 3.06. The Morgan fingerprint density at radius 3 is 2.65 bits per heavy atom. The van der Waals surface area contributed by atoms with Crippen LogP contribution in [0.5, 0.6) is 0 Å². The van der Waals surface area contributed by atoms with Gasteiger partial charge in [0.05, 0.1) is 21.8 Å². The molecule has 0 aliphatic carbocycles. The monoisotopic (exact) mass is 383 g/mol. The molecule has 0 spiro atoms. The van der Waals surface area contributed by atoms with E-state index in [-0.39, 0.29) is 18.4 Å². The smallest absolute Gasteiger partial charge is 0.394 e. The van der Waals surface area contributed by atoms with Crippen LogP contribution < -0.4 is 10.6 Å². The summed E-state index contributed by atoms with van der Waals surface area (Å²) in [5.74, 6) is -0.222. The van der Waals surface area contributed by atoms with Crippen molar-refractivity contribution in [1.82, 2.24) is 15.0 Å². The first kappa shape index (κ1) is 18.3. The Morgan fingerprint density at radius 1 is 1.19 bits per heavy atom. The molecule has 1 atom stereocenters. The molecule has 0 bridgehead atoms. The molecule has 0 unspecified atom stereocenters. The Labute approximate surface area is 151 Å². The number of thiazole rings is 1. The lowest BCUT2D eigenvalue weighted by Crippen LogP contribution is -2.22. The van der Waals surface area contributed by atoms with E-state index < -0.39 is 17.9 Å². The highest BCUT2D eigenvalue weighted by atomic mass is 32.1. The minimum Gasteiger partial charge on any atom is -0.394 e. The molecule has 26 heavy (non-hydrogen) atoms. The molecule has 3 N–H and O–H groups in total. The largest absolute Gasteiger partial charge is 0.433 e. The van der Waals surface area contributed by atoms with Crippen molar-refractivity contribution in [3.8, 4) is 0 Å². The Bertz CT molecular complexity index is 928. The quantitative estimate of drug-likeness (QED) is 0.619. The van der Waals surface area contributed by atoms with E-state index in [2.05, 4.69) is 25.6 Å². The number of hydrogen-bond acceptors (Lipinski definition) is 7. The van der Waals surface area contributed by atoms with Crippen molar-refractivity contribution in [1.29, 1.82) is 0 Å². The van der Waals surface area contributed by atoms with Gasteiger partial charge in [-0.1, -0.05) is 0 Å². The molecule has 0 aliphatic heterocycles. The normalized spacial score (nSPS) is 13.0. The number of aliphatic hydroxyl groups is 1. The highest BCUT2D eigenvalue weighted by Gasteiger charge is 2.34. The number of benzene rings is 1. The van der Waals surface area contributed by atoms with Crippen LogP contribution in [0.2, 0.25) is 0 Å². The molecule has 0 saturated heterocycles. The Balaban J connectivity index is 1.94. The highest BCUT2D eigenvalue weighted by Crippen LogP contribution is 2.31. The fraction of sp³-hybridized carbons (Fsp3) is 0.312. The summed E-state index contributed by atoms with van der Waals surface area (Å²) in [6.07, 6.45) is -4.62. The SMILES string of the molecule is Cc1nc2cc(Nc3cc(C(F)(F)F)nc(N[C@@H](C)CO)n3)ccc2s1. The van der Waals surface area contributed by atoms with Crippen molar-refractivity contribution in [2.45, 2.75) is 26.1 Å². The maximum Gasteiger partial charge on any atom is 0.433 e. The van der Waals surface area contributed by atoms with Gasteiger partial charge in [-0.2, -0.15) is 18.2 Å². The second kappa shape index (κ2) is 7.04. The maximum atomic E-state index is 13.1. The average molecular weight is 383 g/mol. The molecule has 3 aromatic rings. The highest BCUT2D eigenvalue weighted by molar-refractivity contribution is 7.18. The van der Waals surface area contributed by atoms with Crippen LogP contribution in [0.25, 0.3) is 10.2 Å². The first-order valence-corrected chi connectivity index (χ1v) is 8.54. The molecule has 1 aromatic carbocycles. The number of nitrogens with one attached hydrogen (secondary N) is 2. The lowest BCUT2D eigenvalue weighted by atomic mass is 10.3. The number of halogens is 3. The second-order valence-corrected chi connectivity index (χ2v) is 6.96. The minimum atomic E-state index is -4.62. The van der Waals surface area contributed by atoms with Crippen molar-refractivity contribution < 1.29 is 18.3 Å². The number of aromatic nitrogens is 3. The molecule has 6 nitrogen and oxygen atoms in total. The van der Waals surface area contributed by atoms with Gasteiger partial charge in [0.2, 0.25) is 5.95 Å². The van der Waals surface area contributed by atoms with E-state index >= 15 is 0 Å². The van der Waals surface area contributed by atoms with E-state index in [1.807, 2.05) is 13.0 Å². The molecule has 138 valence electrons. The van der Waals surface area contributed by atoms with E-state index in [1.54, 1.807) is 19.1 Å². The van der Waals surface area contributed by atoms with Gasteiger partial charge < -0.3 is 15.7 Å². The number of rotatable bonds is 5. The molecule has 0 saturated carbocycles. The van der Waals surface area contributed by atoms with Crippen LogP contribution in [-0.2, 0) is 6.18 Å². The van der Waals surface area contributed by atoms with Gasteiger partial charge in [-0.15, -0.1) is 11.3 Å². The predicted octanol–water partition coefficient (Wildman–Crippen LogP) is 3.95. The van der Waals surface area contributed by atoms with Crippen molar-refractivity contribution in [3.63, 3.8) is 0 Å². The van der Waals surface area contributed by atoms with Crippen molar-refractivity contribution in [2.75, 3.05) is 17.2 Å². The van der Waals surface area contributed by atoms with Crippen LogP contribution in [0.4, 0.5) is 30.6 Å². The van der Waals surface area contributed by atoms with Gasteiger partial charge in [0, 0.05) is 17.8 Å². The van der Waals surface area contributed by atoms with Gasteiger partial charge in [-0.05, 0) is 32.0 Å². The molecule has 0 fully saturated rings. The lowest BCUT2D eigenvalue weighted by Gasteiger charge is -2.15. The molecule has 0 radical (unpaired) electrons. The standard InChI is InChI=1S/C16H16F3N5OS/c1-8(7-25)20-15-23-13(16(17,18)19)6-14(24-15)22-10-3-4-12-11(5-10)21-9(2)26-12/h3-6,8,25H,7H2,1-2H3,(H2,20,22,23,24)/t8-/m0/s1. The van der Waals surface area contributed by atoms with Crippen LogP contribution in [0.1, 0.15) is 17.6 Å². The van der Waals surface area contributed by atoms with E-state index in [0.29, 0.717) is 5.69 Å². The number of fused-ring (bicyclic) bond motifs is 1. The van der Waals surface area contributed by atoms with Gasteiger partial charge >= 0.3 is 6.18 Å². The molecule has 2 aromatic heterocycles. The van der Waals surface area contributed by atoms with E-state index in [4.69, 9.17) is 5.11 Å². The predicted molar refractivity (Wildman–Crippen MR) is 94.8 cm³/mol. The second-order valence-electron chi connectivity index (χ2n) is 5.73. The number of alkyl halides is 3.